The van der Waals surface area contributed by atoms with Gasteiger partial charge in [-0.3, -0.25) is 0 Å². The molecule has 0 fully saturated rings. The first-order valence-electron chi connectivity index (χ1n) is 17.6. The van der Waals surface area contributed by atoms with Crippen LogP contribution in [0.4, 0.5) is 17.1 Å². The fourth-order valence-electron chi connectivity index (χ4n) is 8.74. The highest BCUT2D eigenvalue weighted by atomic mass is 16.5. The average molecular weight is 644 g/mol. The summed E-state index contributed by atoms with van der Waals surface area (Å²) < 4.78 is 7.01. The highest BCUT2D eigenvalue weighted by molar-refractivity contribution is 5.96. The normalized spacial score (nSPS) is 15.2. The number of para-hydroxylation sites is 1. The van der Waals surface area contributed by atoms with Gasteiger partial charge in [-0.1, -0.05) is 131 Å². The maximum Gasteiger partial charge on any atom is 0.151 e. The van der Waals surface area contributed by atoms with E-state index in [0.717, 1.165) is 28.6 Å². The van der Waals surface area contributed by atoms with E-state index in [0.29, 0.717) is 0 Å². The van der Waals surface area contributed by atoms with Gasteiger partial charge in [-0.25, -0.2) is 0 Å². The maximum atomic E-state index is 7.01. The molecule has 2 nitrogen and oxygen atoms in total. The Hall–Kier alpha value is -5.86. The van der Waals surface area contributed by atoms with Gasteiger partial charge in [0.1, 0.15) is 0 Å². The summed E-state index contributed by atoms with van der Waals surface area (Å²) in [6.45, 7) is 9.39. The van der Waals surface area contributed by atoms with Crippen LogP contribution < -0.4 is 9.64 Å². The van der Waals surface area contributed by atoms with Crippen LogP contribution in [0.25, 0.3) is 44.5 Å². The van der Waals surface area contributed by atoms with Crippen molar-refractivity contribution in [2.75, 3.05) is 4.90 Å². The summed E-state index contributed by atoms with van der Waals surface area (Å²) in [4.78, 5) is 2.40. The minimum Gasteiger partial charge on any atom is -0.453 e. The maximum absolute atomic E-state index is 7.01. The molecule has 240 valence electrons. The van der Waals surface area contributed by atoms with Crippen LogP contribution in [-0.4, -0.2) is 0 Å². The Balaban J connectivity index is 1.15. The number of rotatable bonds is 3. The highest BCUT2D eigenvalue weighted by Gasteiger charge is 2.41. The largest absolute Gasteiger partial charge is 0.453 e. The van der Waals surface area contributed by atoms with Gasteiger partial charge in [-0.2, -0.15) is 0 Å². The van der Waals surface area contributed by atoms with Crippen LogP contribution in [0.2, 0.25) is 0 Å². The molecule has 0 saturated carbocycles. The number of nitrogens with zero attached hydrogens (tertiary/aromatic N) is 1. The molecule has 2 heteroatoms. The quantitative estimate of drug-likeness (QED) is 0.190. The SMILES string of the molecule is CC1(C)c2cc(-c3ccccc3)ccc2-c2cc3c(cc21)Oc1cc2c(cc1N3c1ccccc1)-c1ccc(-c3ccccc3)cc1C2(C)C. The van der Waals surface area contributed by atoms with Gasteiger partial charge in [0, 0.05) is 16.5 Å². The van der Waals surface area contributed by atoms with Gasteiger partial charge in [0.2, 0.25) is 0 Å². The molecule has 0 aromatic heterocycles. The zero-order valence-electron chi connectivity index (χ0n) is 28.8. The molecule has 0 N–H and O–H groups in total. The van der Waals surface area contributed by atoms with E-state index in [2.05, 4.69) is 184 Å². The smallest absolute Gasteiger partial charge is 0.151 e. The van der Waals surface area contributed by atoms with E-state index >= 15 is 0 Å². The molecule has 0 spiro atoms. The van der Waals surface area contributed by atoms with E-state index in [1.165, 1.54) is 66.8 Å². The van der Waals surface area contributed by atoms with Gasteiger partial charge in [0.05, 0.1) is 11.4 Å². The Labute approximate surface area is 294 Å². The number of ether oxygens (including phenoxy) is 1. The zero-order chi connectivity index (χ0) is 33.8. The first-order valence-corrected chi connectivity index (χ1v) is 17.6. The zero-order valence-corrected chi connectivity index (χ0v) is 28.8. The Kier molecular flexibility index (Phi) is 6.01. The van der Waals surface area contributed by atoms with Crippen molar-refractivity contribution in [3.63, 3.8) is 0 Å². The molecule has 0 bridgehead atoms. The molecule has 10 rings (SSSR count). The lowest BCUT2D eigenvalue weighted by Gasteiger charge is -2.35. The fourth-order valence-corrected chi connectivity index (χ4v) is 8.74. The Morgan fingerprint density at radius 3 is 1.22 bits per heavy atom. The van der Waals surface area contributed by atoms with Crippen LogP contribution in [0.3, 0.4) is 0 Å². The van der Waals surface area contributed by atoms with Crippen molar-refractivity contribution in [2.45, 2.75) is 38.5 Å². The fraction of sp³-hybridized carbons (Fsp3) is 0.125. The molecule has 0 atom stereocenters. The number of hydrogen-bond donors (Lipinski definition) is 0. The van der Waals surface area contributed by atoms with E-state index in [-0.39, 0.29) is 10.8 Å². The number of fused-ring (bicyclic) bond motifs is 8. The second-order valence-electron chi connectivity index (χ2n) is 15.0. The molecule has 50 heavy (non-hydrogen) atoms. The monoisotopic (exact) mass is 643 g/mol. The van der Waals surface area contributed by atoms with E-state index < -0.39 is 0 Å². The molecule has 7 aromatic carbocycles. The predicted molar refractivity (Wildman–Crippen MR) is 207 cm³/mol. The average Bonchev–Trinajstić information content (AvgIpc) is 3.51. The lowest BCUT2D eigenvalue weighted by molar-refractivity contribution is 0.473. The van der Waals surface area contributed by atoms with E-state index in [4.69, 9.17) is 4.74 Å². The second kappa shape index (κ2) is 10.3. The summed E-state index contributed by atoms with van der Waals surface area (Å²) in [7, 11) is 0. The van der Waals surface area contributed by atoms with Gasteiger partial charge >= 0.3 is 0 Å². The van der Waals surface area contributed by atoms with Crippen LogP contribution in [0.1, 0.15) is 49.9 Å². The Morgan fingerprint density at radius 2 is 0.780 bits per heavy atom. The number of anilines is 3. The molecule has 7 aromatic rings. The lowest BCUT2D eigenvalue weighted by atomic mass is 9.81. The van der Waals surface area contributed by atoms with E-state index in [1.54, 1.807) is 0 Å². The Morgan fingerprint density at radius 1 is 0.380 bits per heavy atom. The second-order valence-corrected chi connectivity index (χ2v) is 15.0. The number of hydrogen-bond acceptors (Lipinski definition) is 2. The van der Waals surface area contributed by atoms with Crippen molar-refractivity contribution in [3.05, 3.63) is 174 Å². The van der Waals surface area contributed by atoms with Gasteiger partial charge in [-0.15, -0.1) is 0 Å². The van der Waals surface area contributed by atoms with Gasteiger partial charge in [0.15, 0.2) is 11.5 Å². The van der Waals surface area contributed by atoms with Crippen LogP contribution in [0.5, 0.6) is 11.5 Å². The summed E-state index contributed by atoms with van der Waals surface area (Å²) in [6, 6.07) is 55.4. The predicted octanol–water partition coefficient (Wildman–Crippen LogP) is 13.2. The third-order valence-corrected chi connectivity index (χ3v) is 11.4. The summed E-state index contributed by atoms with van der Waals surface area (Å²) in [5, 5.41) is 0. The van der Waals surface area contributed by atoms with Crippen molar-refractivity contribution in [1.82, 2.24) is 0 Å². The lowest BCUT2D eigenvalue weighted by Crippen LogP contribution is -2.19. The van der Waals surface area contributed by atoms with Crippen molar-refractivity contribution >= 4 is 17.1 Å². The van der Waals surface area contributed by atoms with Crippen LogP contribution >= 0.6 is 0 Å². The minimum atomic E-state index is -0.177. The molecule has 0 saturated heterocycles. The molecule has 0 amide bonds. The van der Waals surface area contributed by atoms with Crippen LogP contribution in [0, 0.1) is 0 Å². The third kappa shape index (κ3) is 4.08. The third-order valence-electron chi connectivity index (χ3n) is 11.4. The summed E-state index contributed by atoms with van der Waals surface area (Å²) in [5.74, 6) is 1.78. The van der Waals surface area contributed by atoms with Crippen molar-refractivity contribution < 1.29 is 4.74 Å². The van der Waals surface area contributed by atoms with Crippen molar-refractivity contribution in [1.29, 1.82) is 0 Å². The first-order chi connectivity index (χ1) is 24.3. The molecule has 0 radical (unpaired) electrons. The van der Waals surface area contributed by atoms with Crippen LogP contribution in [-0.2, 0) is 10.8 Å². The number of benzene rings is 7. The molecular weight excluding hydrogens is 607 g/mol. The molecule has 1 aliphatic heterocycles. The van der Waals surface area contributed by atoms with Crippen LogP contribution in [0.15, 0.2) is 152 Å². The molecular formula is C48H37NO. The highest BCUT2D eigenvalue weighted by Crippen LogP contribution is 2.60. The van der Waals surface area contributed by atoms with Crippen molar-refractivity contribution in [2.24, 2.45) is 0 Å². The topological polar surface area (TPSA) is 12.5 Å². The molecule has 3 aliphatic rings. The van der Waals surface area contributed by atoms with Gasteiger partial charge in [-0.05, 0) is 115 Å². The van der Waals surface area contributed by atoms with Gasteiger partial charge < -0.3 is 9.64 Å². The standard InChI is InChI=1S/C48H37NO/c1-47(2)39-24-32(30-14-8-5-9-15-30)20-22-35(39)37-26-43-45(28-41(37)47)50-46-29-42-38(27-44(46)49(43)34-18-12-7-13-19-34)36-23-21-33(25-40(36)48(42,3)4)31-16-10-6-11-17-31/h5-29H,1-4H3. The minimum absolute atomic E-state index is 0.177. The van der Waals surface area contributed by atoms with E-state index in [1.807, 2.05) is 0 Å². The summed E-state index contributed by atoms with van der Waals surface area (Å²) in [6.07, 6.45) is 0. The molecule has 2 aliphatic carbocycles. The molecule has 0 unspecified atom stereocenters. The van der Waals surface area contributed by atoms with Gasteiger partial charge in [0.25, 0.3) is 0 Å². The summed E-state index contributed by atoms with van der Waals surface area (Å²) >= 11 is 0. The van der Waals surface area contributed by atoms with Crippen molar-refractivity contribution in [3.8, 4) is 56.0 Å². The Bertz CT molecular complexity index is 2340. The van der Waals surface area contributed by atoms with E-state index in [9.17, 15) is 0 Å². The molecule has 1 heterocycles. The summed E-state index contributed by atoms with van der Waals surface area (Å²) in [5.41, 5.74) is 18.3. The first kappa shape index (κ1) is 29.1.